The Morgan fingerprint density at radius 3 is 2.61 bits per heavy atom. The Labute approximate surface area is 167 Å². The molecule has 0 aliphatic carbocycles. The fraction of sp³-hybridized carbons (Fsp3) is 0.182. The lowest BCUT2D eigenvalue weighted by Gasteiger charge is -2.04. The Balaban J connectivity index is 1.86. The zero-order valence-corrected chi connectivity index (χ0v) is 16.7. The van der Waals surface area contributed by atoms with Crippen LogP contribution in [0.2, 0.25) is 0 Å². The van der Waals surface area contributed by atoms with Gasteiger partial charge in [-0.2, -0.15) is 0 Å². The van der Waals surface area contributed by atoms with E-state index in [2.05, 4.69) is 47.0 Å². The first-order valence-electron chi connectivity index (χ1n) is 9.05. The second-order valence-corrected chi connectivity index (χ2v) is 7.39. The summed E-state index contributed by atoms with van der Waals surface area (Å²) in [6.07, 6.45) is 3.73. The Morgan fingerprint density at radius 1 is 1.18 bits per heavy atom. The minimum atomic E-state index is -0.429. The molecule has 6 heteroatoms. The van der Waals surface area contributed by atoms with E-state index in [1.54, 1.807) is 18.0 Å². The monoisotopic (exact) mass is 392 g/mol. The minimum absolute atomic E-state index is 0.429. The van der Waals surface area contributed by atoms with Gasteiger partial charge in [-0.3, -0.25) is 0 Å². The quantitative estimate of drug-likeness (QED) is 0.328. The molecule has 0 spiro atoms. The van der Waals surface area contributed by atoms with Gasteiger partial charge in [0.25, 0.3) is 0 Å². The Kier molecular flexibility index (Phi) is 4.96. The van der Waals surface area contributed by atoms with Crippen LogP contribution in [0, 0.1) is 0 Å². The maximum absolute atomic E-state index is 11.0. The van der Waals surface area contributed by atoms with Gasteiger partial charge in [-0.15, -0.1) is 0 Å². The highest BCUT2D eigenvalue weighted by atomic mass is 32.2. The molecule has 1 aromatic heterocycles. The molecular weight excluding hydrogens is 372 g/mol. The molecule has 142 valence electrons. The first-order valence-corrected chi connectivity index (χ1v) is 9.93. The van der Waals surface area contributed by atoms with E-state index in [1.165, 1.54) is 23.3 Å². The maximum atomic E-state index is 11.0. The summed E-state index contributed by atoms with van der Waals surface area (Å²) >= 11 is 1.57. The van der Waals surface area contributed by atoms with Crippen LogP contribution in [-0.2, 0) is 20.9 Å². The summed E-state index contributed by atoms with van der Waals surface area (Å²) in [5.74, 6) is -0.429. The number of aryl methyl sites for hydroxylation is 1. The summed E-state index contributed by atoms with van der Waals surface area (Å²) in [5.41, 5.74) is 5.02. The van der Waals surface area contributed by atoms with Gasteiger partial charge in [0.2, 0.25) is 0 Å². The summed E-state index contributed by atoms with van der Waals surface area (Å²) in [6, 6.07) is 12.6. The van der Waals surface area contributed by atoms with E-state index < -0.39 is 5.97 Å². The third-order valence-electron chi connectivity index (χ3n) is 4.64. The molecule has 0 unspecified atom stereocenters. The molecule has 0 saturated heterocycles. The molecule has 5 nitrogen and oxygen atoms in total. The van der Waals surface area contributed by atoms with E-state index in [0.29, 0.717) is 5.71 Å². The zero-order chi connectivity index (χ0) is 19.7. The number of hydrogen-bond acceptors (Lipinski definition) is 5. The van der Waals surface area contributed by atoms with Crippen molar-refractivity contribution >= 4 is 51.3 Å². The van der Waals surface area contributed by atoms with Crippen LogP contribution in [0.25, 0.3) is 27.9 Å². The number of rotatable bonds is 4. The Hall–Kier alpha value is -2.99. The third kappa shape index (κ3) is 3.43. The Bertz CT molecular complexity index is 1160. The summed E-state index contributed by atoms with van der Waals surface area (Å²) < 4.78 is 7.76. The summed E-state index contributed by atoms with van der Waals surface area (Å²) in [4.78, 5) is 15.8. The van der Waals surface area contributed by atoms with Gasteiger partial charge >= 0.3 is 5.97 Å². The number of aromatic nitrogens is 1. The molecule has 1 aliphatic heterocycles. The number of ether oxygens (including phenoxy) is 1. The van der Waals surface area contributed by atoms with Crippen molar-refractivity contribution in [2.24, 2.45) is 5.16 Å². The predicted octanol–water partition coefficient (Wildman–Crippen LogP) is 5.63. The van der Waals surface area contributed by atoms with E-state index >= 15 is 0 Å². The van der Waals surface area contributed by atoms with Gasteiger partial charge in [-0.1, -0.05) is 29.1 Å². The lowest BCUT2D eigenvalue weighted by molar-refractivity contribution is -0.140. The van der Waals surface area contributed by atoms with Gasteiger partial charge in [0, 0.05) is 40.7 Å². The van der Waals surface area contributed by atoms with Crippen molar-refractivity contribution in [3.05, 3.63) is 64.3 Å². The van der Waals surface area contributed by atoms with E-state index in [1.807, 2.05) is 24.5 Å². The summed E-state index contributed by atoms with van der Waals surface area (Å²) in [5, 5.41) is 9.02. The van der Waals surface area contributed by atoms with Crippen molar-refractivity contribution in [3.63, 3.8) is 0 Å². The third-order valence-corrected chi connectivity index (χ3v) is 5.34. The van der Waals surface area contributed by atoms with Crippen molar-refractivity contribution in [2.45, 2.75) is 27.3 Å². The second kappa shape index (κ2) is 7.56. The van der Waals surface area contributed by atoms with Crippen LogP contribution < -0.4 is 0 Å². The van der Waals surface area contributed by atoms with E-state index in [4.69, 9.17) is 9.57 Å². The van der Waals surface area contributed by atoms with Gasteiger partial charge in [-0.25, -0.2) is 4.79 Å². The summed E-state index contributed by atoms with van der Waals surface area (Å²) in [7, 11) is 0. The van der Waals surface area contributed by atoms with Crippen LogP contribution in [-0.4, -0.2) is 16.2 Å². The smallest absolute Gasteiger partial charge is 0.331 e. The molecular formula is C22H20N2O3S. The van der Waals surface area contributed by atoms with Gasteiger partial charge in [0.05, 0.1) is 12.0 Å². The zero-order valence-electron chi connectivity index (χ0n) is 15.9. The molecule has 1 aliphatic rings. The molecule has 0 N–H and O–H groups in total. The fourth-order valence-corrected chi connectivity index (χ4v) is 3.94. The molecule has 2 heterocycles. The molecule has 0 amide bonds. The van der Waals surface area contributed by atoms with Crippen LogP contribution in [0.1, 0.15) is 31.9 Å². The number of hydrogen-bond donors (Lipinski definition) is 0. The molecule has 0 fully saturated rings. The highest BCUT2D eigenvalue weighted by Gasteiger charge is 2.12. The maximum Gasteiger partial charge on any atom is 0.331 e. The van der Waals surface area contributed by atoms with Crippen LogP contribution in [0.5, 0.6) is 0 Å². The number of benzene rings is 2. The van der Waals surface area contributed by atoms with Crippen LogP contribution in [0.3, 0.4) is 0 Å². The van der Waals surface area contributed by atoms with Crippen molar-refractivity contribution in [1.29, 1.82) is 0 Å². The molecule has 0 bridgehead atoms. The average molecular weight is 392 g/mol. The number of nitrogens with zero attached hydrogens (tertiary/aromatic N) is 2. The van der Waals surface area contributed by atoms with Gasteiger partial charge in [0.1, 0.15) is 0 Å². The molecule has 3 aromatic rings. The van der Waals surface area contributed by atoms with Gasteiger partial charge in [0.15, 0.2) is 5.09 Å². The van der Waals surface area contributed by atoms with Crippen molar-refractivity contribution in [3.8, 4) is 0 Å². The second-order valence-electron chi connectivity index (χ2n) is 6.48. The molecule has 4 rings (SSSR count). The molecule has 0 radical (unpaired) electrons. The summed E-state index contributed by atoms with van der Waals surface area (Å²) in [6.45, 7) is 6.20. The topological polar surface area (TPSA) is 52.8 Å². The lowest BCUT2D eigenvalue weighted by Crippen LogP contribution is -1.99. The molecule has 28 heavy (non-hydrogen) atoms. The number of carbonyl (C=O) groups is 1. The van der Waals surface area contributed by atoms with Crippen LogP contribution >= 0.6 is 11.8 Å². The number of fused-ring (bicyclic) bond motifs is 3. The van der Waals surface area contributed by atoms with Gasteiger partial charge in [-0.05, 0) is 55.3 Å². The lowest BCUT2D eigenvalue weighted by atomic mass is 10.1. The number of thioether (sulfide) groups is 1. The first-order chi connectivity index (χ1) is 13.6. The van der Waals surface area contributed by atoms with E-state index in [9.17, 15) is 4.79 Å². The Morgan fingerprint density at radius 2 is 1.93 bits per heavy atom. The largest absolute Gasteiger partial charge is 0.457 e. The van der Waals surface area contributed by atoms with Crippen molar-refractivity contribution in [1.82, 2.24) is 4.57 Å². The predicted molar refractivity (Wildman–Crippen MR) is 115 cm³/mol. The number of oxime groups is 1. The standard InChI is InChI=1S/C22H20N2O3S/c1-4-24-20-7-5-16(12-22-26-9-10-28-22)11-18(20)19-13-17(6-8-21(19)24)14(2)23-27-15(3)25/h5-13H,4H2,1-3H3/b22-12+,23-14+. The van der Waals surface area contributed by atoms with Crippen molar-refractivity contribution in [2.75, 3.05) is 0 Å². The molecule has 0 atom stereocenters. The van der Waals surface area contributed by atoms with Crippen molar-refractivity contribution < 1.29 is 14.4 Å². The highest BCUT2D eigenvalue weighted by molar-refractivity contribution is 8.06. The normalized spacial score (nSPS) is 15.5. The highest BCUT2D eigenvalue weighted by Crippen LogP contribution is 2.33. The molecule has 2 aromatic carbocycles. The number of carbonyl (C=O) groups excluding carboxylic acids is 1. The van der Waals surface area contributed by atoms with Gasteiger partial charge < -0.3 is 14.1 Å². The average Bonchev–Trinajstić information content (AvgIpc) is 3.31. The van der Waals surface area contributed by atoms with E-state index in [0.717, 1.165) is 28.1 Å². The van der Waals surface area contributed by atoms with Crippen LogP contribution in [0.4, 0.5) is 0 Å². The van der Waals surface area contributed by atoms with Crippen LogP contribution in [0.15, 0.2) is 58.3 Å². The fourth-order valence-electron chi connectivity index (χ4n) is 3.38. The van der Waals surface area contributed by atoms with E-state index in [-0.39, 0.29) is 0 Å². The molecule has 0 saturated carbocycles. The minimum Gasteiger partial charge on any atom is -0.457 e. The SMILES string of the molecule is CCn1c2ccc(/C=C3\OC=CS3)cc2c2cc(/C(C)=N/OC(C)=O)ccc21. The first kappa shape index (κ1) is 18.4.